The van der Waals surface area contributed by atoms with E-state index in [1.54, 1.807) is 7.11 Å². The van der Waals surface area contributed by atoms with Gasteiger partial charge in [-0.05, 0) is 55.3 Å². The lowest BCUT2D eigenvalue weighted by Gasteiger charge is -2.30. The lowest BCUT2D eigenvalue weighted by molar-refractivity contribution is 0.212. The summed E-state index contributed by atoms with van der Waals surface area (Å²) >= 11 is 0. The number of rotatable bonds is 12. The van der Waals surface area contributed by atoms with Gasteiger partial charge in [-0.15, -0.1) is 0 Å². The molecule has 0 saturated carbocycles. The van der Waals surface area contributed by atoms with Crippen molar-refractivity contribution in [2.45, 2.75) is 13.3 Å². The van der Waals surface area contributed by atoms with Crippen molar-refractivity contribution < 1.29 is 9.53 Å². The second-order valence-corrected chi connectivity index (χ2v) is 8.85. The molecule has 0 atom stereocenters. The highest BCUT2D eigenvalue weighted by Crippen LogP contribution is 2.16. The Balaban J connectivity index is 1.52. The van der Waals surface area contributed by atoms with E-state index >= 15 is 0 Å². The maximum Gasteiger partial charge on any atom is 0.322 e. The van der Waals surface area contributed by atoms with Crippen molar-refractivity contribution in [2.24, 2.45) is 0 Å². The zero-order valence-corrected chi connectivity index (χ0v) is 20.6. The Labute approximate surface area is 204 Å². The minimum Gasteiger partial charge on any atom is -0.497 e. The molecule has 0 bridgehead atoms. The van der Waals surface area contributed by atoms with Crippen LogP contribution in [0.15, 0.2) is 60.7 Å². The molecule has 184 valence electrons. The first kappa shape index (κ1) is 25.7. The van der Waals surface area contributed by atoms with E-state index in [-0.39, 0.29) is 6.03 Å². The summed E-state index contributed by atoms with van der Waals surface area (Å²) < 4.78 is 5.21. The number of aryl methyl sites for hydroxylation is 1. The highest BCUT2D eigenvalue weighted by atomic mass is 16.5. The van der Waals surface area contributed by atoms with Crippen LogP contribution in [0.3, 0.4) is 0 Å². The van der Waals surface area contributed by atoms with Crippen molar-refractivity contribution in [1.29, 1.82) is 0 Å². The molecule has 2 amide bonds. The molecular weight excluding hydrogens is 426 g/mol. The number of ether oxygens (including phenoxy) is 1. The molecule has 34 heavy (non-hydrogen) atoms. The van der Waals surface area contributed by atoms with Gasteiger partial charge in [0.05, 0.1) is 7.11 Å². The summed E-state index contributed by atoms with van der Waals surface area (Å²) in [4.78, 5) is 17.3. The fourth-order valence-electron chi connectivity index (χ4n) is 4.07. The van der Waals surface area contributed by atoms with Gasteiger partial charge in [0, 0.05) is 58.0 Å². The van der Waals surface area contributed by atoms with Crippen LogP contribution in [0.5, 0.6) is 5.75 Å². The Bertz CT molecular complexity index is 909. The lowest BCUT2D eigenvalue weighted by Crippen LogP contribution is -2.46. The molecule has 0 radical (unpaired) electrons. The Kier molecular flexibility index (Phi) is 10.4. The van der Waals surface area contributed by atoms with E-state index in [1.165, 1.54) is 11.1 Å². The van der Waals surface area contributed by atoms with Gasteiger partial charge in [0.1, 0.15) is 5.75 Å². The first-order valence-corrected chi connectivity index (χ1v) is 12.1. The van der Waals surface area contributed by atoms with E-state index < -0.39 is 0 Å². The summed E-state index contributed by atoms with van der Waals surface area (Å²) in [5.74, 6) is 0.761. The van der Waals surface area contributed by atoms with Crippen LogP contribution in [0.2, 0.25) is 0 Å². The molecule has 1 heterocycles. The summed E-state index contributed by atoms with van der Waals surface area (Å²) in [5.41, 5.74) is 4.40. The molecule has 0 aliphatic carbocycles. The molecular formula is C27H39N5O2. The van der Waals surface area contributed by atoms with Crippen LogP contribution >= 0.6 is 0 Å². The predicted molar refractivity (Wildman–Crippen MR) is 140 cm³/mol. The van der Waals surface area contributed by atoms with Crippen molar-refractivity contribution in [3.8, 4) is 5.75 Å². The summed E-state index contributed by atoms with van der Waals surface area (Å²) in [6.45, 7) is 14.0. The van der Waals surface area contributed by atoms with Crippen molar-refractivity contribution in [1.82, 2.24) is 20.4 Å². The number of nitrogens with zero attached hydrogens (tertiary/aromatic N) is 2. The number of amides is 2. The Morgan fingerprint density at radius 2 is 1.91 bits per heavy atom. The zero-order valence-electron chi connectivity index (χ0n) is 20.6. The van der Waals surface area contributed by atoms with Gasteiger partial charge in [0.2, 0.25) is 0 Å². The molecule has 3 N–H and O–H groups in total. The molecule has 2 aromatic rings. The monoisotopic (exact) mass is 465 g/mol. The van der Waals surface area contributed by atoms with Gasteiger partial charge < -0.3 is 25.6 Å². The van der Waals surface area contributed by atoms with Crippen molar-refractivity contribution in [3.05, 3.63) is 71.8 Å². The topological polar surface area (TPSA) is 68.9 Å². The number of carbonyl (C=O) groups is 1. The SMILES string of the molecule is C=C(CN1CCNCC1)CN(CCNCCc1cccc(C)c1)C(=O)Nc1ccc(OC)cc1. The summed E-state index contributed by atoms with van der Waals surface area (Å²) in [7, 11) is 1.63. The van der Waals surface area contributed by atoms with Gasteiger partial charge in [-0.1, -0.05) is 36.4 Å². The molecule has 0 unspecified atom stereocenters. The number of urea groups is 1. The Morgan fingerprint density at radius 1 is 1.15 bits per heavy atom. The zero-order chi connectivity index (χ0) is 24.2. The lowest BCUT2D eigenvalue weighted by atomic mass is 10.1. The third kappa shape index (κ3) is 8.82. The Morgan fingerprint density at radius 3 is 2.62 bits per heavy atom. The van der Waals surface area contributed by atoms with Gasteiger partial charge in [0.15, 0.2) is 0 Å². The van der Waals surface area contributed by atoms with Gasteiger partial charge in [-0.2, -0.15) is 0 Å². The van der Waals surface area contributed by atoms with Gasteiger partial charge >= 0.3 is 6.03 Å². The molecule has 0 spiro atoms. The second-order valence-electron chi connectivity index (χ2n) is 8.85. The van der Waals surface area contributed by atoms with Crippen LogP contribution in [-0.4, -0.2) is 81.8 Å². The molecule has 7 nitrogen and oxygen atoms in total. The summed E-state index contributed by atoms with van der Waals surface area (Å²) in [5, 5.41) is 9.87. The predicted octanol–water partition coefficient (Wildman–Crippen LogP) is 3.13. The fourth-order valence-corrected chi connectivity index (χ4v) is 4.07. The Hall–Kier alpha value is -2.87. The number of methoxy groups -OCH3 is 1. The van der Waals surface area contributed by atoms with Crippen LogP contribution in [0, 0.1) is 6.92 Å². The minimum atomic E-state index is -0.118. The van der Waals surface area contributed by atoms with Crippen LogP contribution < -0.4 is 20.7 Å². The maximum absolute atomic E-state index is 13.1. The van der Waals surface area contributed by atoms with E-state index in [2.05, 4.69) is 58.6 Å². The number of benzene rings is 2. The van der Waals surface area contributed by atoms with Gasteiger partial charge in [-0.25, -0.2) is 4.79 Å². The molecule has 1 aliphatic rings. The van der Waals surface area contributed by atoms with Crippen LogP contribution in [-0.2, 0) is 6.42 Å². The van der Waals surface area contributed by atoms with E-state index in [1.807, 2.05) is 29.2 Å². The number of anilines is 1. The van der Waals surface area contributed by atoms with Crippen molar-refractivity contribution in [2.75, 3.05) is 71.3 Å². The first-order chi connectivity index (χ1) is 16.5. The molecule has 7 heteroatoms. The van der Waals surface area contributed by atoms with E-state index in [0.29, 0.717) is 13.1 Å². The molecule has 0 aromatic heterocycles. The van der Waals surface area contributed by atoms with E-state index in [9.17, 15) is 4.79 Å². The standard InChI is InChI=1S/C27H39N5O2/c1-22-5-4-6-24(19-22)11-12-28-15-18-32(21-23(2)20-31-16-13-29-14-17-31)27(33)30-25-7-9-26(34-3)10-8-25/h4-10,19,28-29H,2,11-18,20-21H2,1,3H3,(H,30,33). The molecule has 1 fully saturated rings. The number of nitrogens with one attached hydrogen (secondary N) is 3. The third-order valence-corrected chi connectivity index (χ3v) is 5.93. The van der Waals surface area contributed by atoms with Gasteiger partial charge in [-0.3, -0.25) is 4.90 Å². The van der Waals surface area contributed by atoms with Crippen molar-refractivity contribution >= 4 is 11.7 Å². The normalized spacial score (nSPS) is 13.9. The average Bonchev–Trinajstić information content (AvgIpc) is 2.84. The summed E-state index contributed by atoms with van der Waals surface area (Å²) in [6.07, 6.45) is 0.968. The van der Waals surface area contributed by atoms with Crippen LogP contribution in [0.25, 0.3) is 0 Å². The molecule has 2 aromatic carbocycles. The molecule has 1 saturated heterocycles. The number of hydrogen-bond donors (Lipinski definition) is 3. The fraction of sp³-hybridized carbons (Fsp3) is 0.444. The third-order valence-electron chi connectivity index (χ3n) is 5.93. The first-order valence-electron chi connectivity index (χ1n) is 12.1. The number of carbonyl (C=O) groups excluding carboxylic acids is 1. The minimum absolute atomic E-state index is 0.118. The van der Waals surface area contributed by atoms with Gasteiger partial charge in [0.25, 0.3) is 0 Å². The van der Waals surface area contributed by atoms with E-state index in [4.69, 9.17) is 4.74 Å². The molecule has 1 aliphatic heterocycles. The largest absolute Gasteiger partial charge is 0.497 e. The van der Waals surface area contributed by atoms with Crippen LogP contribution in [0.4, 0.5) is 10.5 Å². The summed E-state index contributed by atoms with van der Waals surface area (Å²) in [6, 6.07) is 15.9. The van der Waals surface area contributed by atoms with E-state index in [0.717, 1.165) is 69.2 Å². The van der Waals surface area contributed by atoms with Crippen molar-refractivity contribution in [3.63, 3.8) is 0 Å². The second kappa shape index (κ2) is 13.7. The van der Waals surface area contributed by atoms with Crippen LogP contribution in [0.1, 0.15) is 11.1 Å². The maximum atomic E-state index is 13.1. The molecule has 3 rings (SSSR count). The highest BCUT2D eigenvalue weighted by Gasteiger charge is 2.17. The quantitative estimate of drug-likeness (QED) is 0.332. The smallest absolute Gasteiger partial charge is 0.322 e. The highest BCUT2D eigenvalue weighted by molar-refractivity contribution is 5.89. The average molecular weight is 466 g/mol. The number of hydrogen-bond acceptors (Lipinski definition) is 5. The number of piperazine rings is 1.